The molecule has 0 heterocycles. The molecule has 4 nitrogen and oxygen atoms in total. The van der Waals surface area contributed by atoms with Gasteiger partial charge in [0.2, 0.25) is 5.91 Å². The Labute approximate surface area is 110 Å². The third-order valence-electron chi connectivity index (χ3n) is 3.19. The molecule has 102 valence electrons. The first kappa shape index (κ1) is 13.5. The van der Waals surface area contributed by atoms with Crippen molar-refractivity contribution >= 4 is 11.9 Å². The Morgan fingerprint density at radius 1 is 1.42 bits per heavy atom. The Balaban J connectivity index is 1.90. The number of benzene rings is 1. The minimum absolute atomic E-state index is 0.0560. The molecule has 1 aliphatic rings. The van der Waals surface area contributed by atoms with Crippen molar-refractivity contribution in [2.24, 2.45) is 5.92 Å². The van der Waals surface area contributed by atoms with E-state index in [2.05, 4.69) is 5.32 Å². The highest BCUT2D eigenvalue weighted by atomic mass is 19.1. The zero-order valence-corrected chi connectivity index (χ0v) is 10.4. The summed E-state index contributed by atoms with van der Waals surface area (Å²) in [5, 5.41) is 11.5. The molecule has 1 fully saturated rings. The predicted octanol–water partition coefficient (Wildman–Crippen LogP) is 1.74. The summed E-state index contributed by atoms with van der Waals surface area (Å²) in [5.41, 5.74) is 0.586. The molecule has 1 saturated carbocycles. The van der Waals surface area contributed by atoms with Crippen LogP contribution in [0.1, 0.15) is 24.8 Å². The fourth-order valence-corrected chi connectivity index (χ4v) is 2.11. The summed E-state index contributed by atoms with van der Waals surface area (Å²) < 4.78 is 13.0. The number of halogens is 1. The Hall–Kier alpha value is -1.91. The van der Waals surface area contributed by atoms with Crippen molar-refractivity contribution in [3.8, 4) is 0 Å². The van der Waals surface area contributed by atoms with Gasteiger partial charge in [-0.15, -0.1) is 0 Å². The lowest BCUT2D eigenvalue weighted by Gasteiger charge is -2.16. The van der Waals surface area contributed by atoms with Crippen molar-refractivity contribution in [2.75, 3.05) is 0 Å². The van der Waals surface area contributed by atoms with Crippen molar-refractivity contribution in [2.45, 2.75) is 31.7 Å². The quantitative estimate of drug-likeness (QED) is 0.823. The third-order valence-corrected chi connectivity index (χ3v) is 3.19. The summed E-state index contributed by atoms with van der Waals surface area (Å²) in [7, 11) is 0. The molecule has 0 aromatic heterocycles. The van der Waals surface area contributed by atoms with Gasteiger partial charge in [0.1, 0.15) is 5.82 Å². The SMILES string of the molecule is O=C(O)CC(NC(=O)Cc1cccc(F)c1)C1CC1. The number of hydrogen-bond donors (Lipinski definition) is 2. The average molecular weight is 265 g/mol. The average Bonchev–Trinajstić information content (AvgIpc) is 3.10. The molecule has 2 rings (SSSR count). The van der Waals surface area contributed by atoms with Gasteiger partial charge in [0.15, 0.2) is 0 Å². The molecule has 0 spiro atoms. The van der Waals surface area contributed by atoms with Crippen LogP contribution in [0.5, 0.6) is 0 Å². The highest BCUT2D eigenvalue weighted by molar-refractivity contribution is 5.79. The van der Waals surface area contributed by atoms with E-state index in [9.17, 15) is 14.0 Å². The van der Waals surface area contributed by atoms with Crippen LogP contribution in [0, 0.1) is 11.7 Å². The van der Waals surface area contributed by atoms with Crippen LogP contribution in [0.3, 0.4) is 0 Å². The maximum Gasteiger partial charge on any atom is 0.305 e. The lowest BCUT2D eigenvalue weighted by Crippen LogP contribution is -2.38. The molecule has 0 bridgehead atoms. The van der Waals surface area contributed by atoms with E-state index in [0.717, 1.165) is 12.8 Å². The Kier molecular flexibility index (Phi) is 4.14. The van der Waals surface area contributed by atoms with Gasteiger partial charge in [0.25, 0.3) is 0 Å². The van der Waals surface area contributed by atoms with E-state index in [1.54, 1.807) is 12.1 Å². The molecular formula is C14H16FNO3. The summed E-state index contributed by atoms with van der Waals surface area (Å²) in [4.78, 5) is 22.5. The second-order valence-corrected chi connectivity index (χ2v) is 4.92. The minimum atomic E-state index is -0.914. The van der Waals surface area contributed by atoms with Gasteiger partial charge in [-0.05, 0) is 36.5 Å². The van der Waals surface area contributed by atoms with Gasteiger partial charge >= 0.3 is 5.97 Å². The fourth-order valence-electron chi connectivity index (χ4n) is 2.11. The number of rotatable bonds is 6. The van der Waals surface area contributed by atoms with Crippen LogP contribution in [-0.4, -0.2) is 23.0 Å². The van der Waals surface area contributed by atoms with E-state index < -0.39 is 5.97 Å². The van der Waals surface area contributed by atoms with E-state index in [4.69, 9.17) is 5.11 Å². The standard InChI is InChI=1S/C14H16FNO3/c15-11-3-1-2-9(6-11)7-13(17)16-12(8-14(18)19)10-4-5-10/h1-3,6,10,12H,4-5,7-8H2,(H,16,17)(H,18,19). The van der Waals surface area contributed by atoms with Gasteiger partial charge in [-0.1, -0.05) is 12.1 Å². The van der Waals surface area contributed by atoms with Crippen molar-refractivity contribution < 1.29 is 19.1 Å². The maximum atomic E-state index is 13.0. The van der Waals surface area contributed by atoms with Gasteiger partial charge < -0.3 is 10.4 Å². The van der Waals surface area contributed by atoms with Gasteiger partial charge in [-0.3, -0.25) is 9.59 Å². The minimum Gasteiger partial charge on any atom is -0.481 e. The number of amides is 1. The van der Waals surface area contributed by atoms with Crippen LogP contribution in [0.4, 0.5) is 4.39 Å². The van der Waals surface area contributed by atoms with Crippen LogP contribution < -0.4 is 5.32 Å². The molecule has 0 saturated heterocycles. The monoisotopic (exact) mass is 265 g/mol. The molecule has 5 heteroatoms. The summed E-state index contributed by atoms with van der Waals surface area (Å²) in [5.74, 6) is -1.28. The Morgan fingerprint density at radius 3 is 2.74 bits per heavy atom. The van der Waals surface area contributed by atoms with E-state index in [1.165, 1.54) is 12.1 Å². The van der Waals surface area contributed by atoms with E-state index in [1.807, 2.05) is 0 Å². The number of carbonyl (C=O) groups is 2. The molecule has 2 N–H and O–H groups in total. The highest BCUT2D eigenvalue weighted by Crippen LogP contribution is 2.34. The predicted molar refractivity (Wildman–Crippen MR) is 67.0 cm³/mol. The second kappa shape index (κ2) is 5.82. The van der Waals surface area contributed by atoms with Crippen LogP contribution in [0.15, 0.2) is 24.3 Å². The highest BCUT2D eigenvalue weighted by Gasteiger charge is 2.33. The number of carbonyl (C=O) groups excluding carboxylic acids is 1. The van der Waals surface area contributed by atoms with E-state index in [-0.39, 0.29) is 36.5 Å². The molecule has 0 aliphatic heterocycles. The first-order chi connectivity index (χ1) is 9.04. The van der Waals surface area contributed by atoms with E-state index >= 15 is 0 Å². The number of carboxylic acid groups (broad SMARTS) is 1. The topological polar surface area (TPSA) is 66.4 Å². The first-order valence-electron chi connectivity index (χ1n) is 6.30. The lowest BCUT2D eigenvalue weighted by molar-refractivity contribution is -0.137. The van der Waals surface area contributed by atoms with Crippen molar-refractivity contribution in [3.05, 3.63) is 35.6 Å². The molecule has 1 aromatic carbocycles. The number of hydrogen-bond acceptors (Lipinski definition) is 2. The summed E-state index contributed by atoms with van der Waals surface area (Å²) in [6, 6.07) is 5.54. The number of carboxylic acids is 1. The molecule has 19 heavy (non-hydrogen) atoms. The van der Waals surface area contributed by atoms with Crippen molar-refractivity contribution in [1.82, 2.24) is 5.32 Å². The van der Waals surface area contributed by atoms with Gasteiger partial charge in [-0.2, -0.15) is 0 Å². The van der Waals surface area contributed by atoms with Crippen LogP contribution >= 0.6 is 0 Å². The molecule has 0 radical (unpaired) electrons. The first-order valence-corrected chi connectivity index (χ1v) is 6.30. The zero-order chi connectivity index (χ0) is 13.8. The van der Waals surface area contributed by atoms with E-state index in [0.29, 0.717) is 5.56 Å². The second-order valence-electron chi connectivity index (χ2n) is 4.92. The normalized spacial score (nSPS) is 15.8. The lowest BCUT2D eigenvalue weighted by atomic mass is 10.1. The van der Waals surface area contributed by atoms with Gasteiger partial charge in [0.05, 0.1) is 12.8 Å². The van der Waals surface area contributed by atoms with Gasteiger partial charge in [-0.25, -0.2) is 4.39 Å². The fraction of sp³-hybridized carbons (Fsp3) is 0.429. The smallest absolute Gasteiger partial charge is 0.305 e. The van der Waals surface area contributed by atoms with Crippen molar-refractivity contribution in [3.63, 3.8) is 0 Å². The summed E-state index contributed by atoms with van der Waals surface area (Å²) in [6.45, 7) is 0. The zero-order valence-electron chi connectivity index (χ0n) is 10.4. The Morgan fingerprint density at radius 2 is 2.16 bits per heavy atom. The summed E-state index contributed by atoms with van der Waals surface area (Å²) >= 11 is 0. The largest absolute Gasteiger partial charge is 0.481 e. The van der Waals surface area contributed by atoms with Gasteiger partial charge in [0, 0.05) is 6.04 Å². The number of aliphatic carboxylic acids is 1. The molecule has 1 amide bonds. The molecule has 1 atom stereocenters. The van der Waals surface area contributed by atoms with Crippen molar-refractivity contribution in [1.29, 1.82) is 0 Å². The molecular weight excluding hydrogens is 249 g/mol. The molecule has 1 aromatic rings. The number of nitrogens with one attached hydrogen (secondary N) is 1. The Bertz CT molecular complexity index is 485. The van der Waals surface area contributed by atoms with Crippen LogP contribution in [-0.2, 0) is 16.0 Å². The maximum absolute atomic E-state index is 13.0. The van der Waals surface area contributed by atoms with Crippen LogP contribution in [0.25, 0.3) is 0 Å². The van der Waals surface area contributed by atoms with Crippen LogP contribution in [0.2, 0.25) is 0 Å². The summed E-state index contributed by atoms with van der Waals surface area (Å²) in [6.07, 6.45) is 1.93. The molecule has 1 unspecified atom stereocenters. The third kappa shape index (κ3) is 4.35. The molecule has 1 aliphatic carbocycles.